The van der Waals surface area contributed by atoms with Crippen molar-refractivity contribution in [2.75, 3.05) is 35.8 Å². The third-order valence-corrected chi connectivity index (χ3v) is 6.25. The molecular formula is C21H24N3NaO4S. The zero-order valence-electron chi connectivity index (χ0n) is 17.1. The Hall–Kier alpha value is -1.58. The molecule has 1 N–H and O–H groups in total. The SMILES string of the molecule is O=C(C1CCc2ccccc2C1)N1CCN(c2ccc(NS(=O)(=O)[O-])cc2)CC1.[Na+]. The van der Waals surface area contributed by atoms with Gasteiger partial charge in [-0.2, -0.15) is 0 Å². The summed E-state index contributed by atoms with van der Waals surface area (Å²) in [6, 6.07) is 15.1. The molecule has 1 aliphatic heterocycles. The molecule has 1 fully saturated rings. The fourth-order valence-corrected chi connectivity index (χ4v) is 4.66. The van der Waals surface area contributed by atoms with Crippen LogP contribution in [0.2, 0.25) is 0 Å². The molecule has 1 aliphatic carbocycles. The number of piperazine rings is 1. The zero-order chi connectivity index (χ0) is 20.4. The summed E-state index contributed by atoms with van der Waals surface area (Å²) in [5.74, 6) is 0.315. The van der Waals surface area contributed by atoms with Gasteiger partial charge in [0.2, 0.25) is 5.91 Å². The number of nitrogens with zero attached hydrogens (tertiary/aromatic N) is 2. The molecule has 1 saturated heterocycles. The minimum Gasteiger partial charge on any atom is -0.731 e. The third kappa shape index (κ3) is 5.56. The number of nitrogens with one attached hydrogen (secondary N) is 1. The number of hydrogen-bond acceptors (Lipinski definition) is 5. The Labute approximate surface area is 199 Å². The van der Waals surface area contributed by atoms with Crippen LogP contribution in [0.15, 0.2) is 48.5 Å². The van der Waals surface area contributed by atoms with Gasteiger partial charge in [-0.1, -0.05) is 24.3 Å². The summed E-state index contributed by atoms with van der Waals surface area (Å²) in [6.07, 6.45) is 2.70. The van der Waals surface area contributed by atoms with Crippen LogP contribution in [0.4, 0.5) is 11.4 Å². The predicted octanol–water partition coefficient (Wildman–Crippen LogP) is -0.984. The summed E-state index contributed by atoms with van der Waals surface area (Å²) >= 11 is 0. The van der Waals surface area contributed by atoms with Crippen molar-refractivity contribution in [3.05, 3.63) is 59.7 Å². The number of anilines is 2. The minimum atomic E-state index is -4.52. The van der Waals surface area contributed by atoms with Crippen molar-refractivity contribution in [3.8, 4) is 0 Å². The number of hydrogen-bond donors (Lipinski definition) is 1. The van der Waals surface area contributed by atoms with Gasteiger partial charge in [0.1, 0.15) is 0 Å². The van der Waals surface area contributed by atoms with Crippen molar-refractivity contribution in [1.82, 2.24) is 4.90 Å². The maximum absolute atomic E-state index is 13.0. The van der Waals surface area contributed by atoms with E-state index < -0.39 is 10.3 Å². The van der Waals surface area contributed by atoms with Crippen LogP contribution in [-0.4, -0.2) is 50.0 Å². The van der Waals surface area contributed by atoms with Gasteiger partial charge >= 0.3 is 29.6 Å². The topological polar surface area (TPSA) is 92.8 Å². The Bertz CT molecular complexity index is 990. The van der Waals surface area contributed by atoms with Crippen molar-refractivity contribution >= 4 is 27.6 Å². The fraction of sp³-hybridized carbons (Fsp3) is 0.381. The quantitative estimate of drug-likeness (QED) is 0.490. The van der Waals surface area contributed by atoms with E-state index >= 15 is 0 Å². The molecule has 154 valence electrons. The molecule has 0 bridgehead atoms. The first-order valence-corrected chi connectivity index (χ1v) is 11.2. The van der Waals surface area contributed by atoms with Crippen molar-refractivity contribution in [2.24, 2.45) is 5.92 Å². The molecule has 0 spiro atoms. The van der Waals surface area contributed by atoms with Gasteiger partial charge in [0, 0.05) is 43.5 Å². The van der Waals surface area contributed by atoms with E-state index in [9.17, 15) is 17.8 Å². The van der Waals surface area contributed by atoms with Gasteiger partial charge in [0.05, 0.1) is 0 Å². The molecule has 0 saturated carbocycles. The van der Waals surface area contributed by atoms with Gasteiger partial charge < -0.3 is 14.4 Å². The van der Waals surface area contributed by atoms with E-state index in [1.54, 1.807) is 24.3 Å². The number of aryl methyl sites for hydroxylation is 1. The molecule has 2 aromatic carbocycles. The molecule has 4 rings (SSSR count). The monoisotopic (exact) mass is 437 g/mol. The number of carbonyl (C=O) groups is 1. The van der Waals surface area contributed by atoms with Crippen LogP contribution < -0.4 is 39.2 Å². The van der Waals surface area contributed by atoms with Gasteiger partial charge in [-0.05, 0) is 54.7 Å². The van der Waals surface area contributed by atoms with Crippen LogP contribution in [0, 0.1) is 5.92 Å². The summed E-state index contributed by atoms with van der Waals surface area (Å²) in [6.45, 7) is 2.79. The molecule has 0 aromatic heterocycles. The summed E-state index contributed by atoms with van der Waals surface area (Å²) in [5, 5.41) is 0. The number of fused-ring (bicyclic) bond motifs is 1. The van der Waals surface area contributed by atoms with Gasteiger partial charge in [0.25, 0.3) is 0 Å². The Kier molecular flexibility index (Phi) is 7.47. The van der Waals surface area contributed by atoms with Crippen LogP contribution >= 0.6 is 0 Å². The van der Waals surface area contributed by atoms with Crippen molar-refractivity contribution in [2.45, 2.75) is 19.3 Å². The van der Waals surface area contributed by atoms with Gasteiger partial charge in [-0.25, -0.2) is 8.42 Å². The second kappa shape index (κ2) is 9.70. The third-order valence-electron chi connectivity index (χ3n) is 5.76. The van der Waals surface area contributed by atoms with Crippen LogP contribution in [-0.2, 0) is 27.9 Å². The van der Waals surface area contributed by atoms with Crippen LogP contribution in [0.5, 0.6) is 0 Å². The van der Waals surface area contributed by atoms with E-state index in [1.165, 1.54) is 11.1 Å². The number of benzene rings is 2. The molecule has 9 heteroatoms. The van der Waals surface area contributed by atoms with Gasteiger partial charge in [-0.15, -0.1) is 0 Å². The Morgan fingerprint density at radius 3 is 2.23 bits per heavy atom. The van der Waals surface area contributed by atoms with E-state index in [4.69, 9.17) is 0 Å². The number of amides is 1. The molecule has 1 heterocycles. The molecule has 1 atom stereocenters. The standard InChI is InChI=1S/C21H25N3O4S.Na/c25-21(18-6-5-16-3-1-2-4-17(16)15-18)24-13-11-23(12-14-24)20-9-7-19(8-10-20)22-29(26,27)28;/h1-4,7-10,18,22H,5-6,11-15H2,(H,26,27,28);/q;+1/p-1. The Balaban J connectivity index is 0.00000256. The van der Waals surface area contributed by atoms with Gasteiger partial charge in [0.15, 0.2) is 10.3 Å². The van der Waals surface area contributed by atoms with E-state index in [1.807, 2.05) is 15.7 Å². The Morgan fingerprint density at radius 1 is 0.967 bits per heavy atom. The second-order valence-electron chi connectivity index (χ2n) is 7.62. The first-order valence-electron chi connectivity index (χ1n) is 9.83. The molecule has 1 unspecified atom stereocenters. The molecule has 7 nitrogen and oxygen atoms in total. The van der Waals surface area contributed by atoms with E-state index in [0.29, 0.717) is 13.1 Å². The maximum atomic E-state index is 13.0. The summed E-state index contributed by atoms with van der Waals surface area (Å²) in [4.78, 5) is 17.1. The normalized spacial score (nSPS) is 18.9. The first kappa shape index (κ1) is 23.1. The van der Waals surface area contributed by atoms with Crippen LogP contribution in [0.25, 0.3) is 0 Å². The zero-order valence-corrected chi connectivity index (χ0v) is 19.9. The van der Waals surface area contributed by atoms with E-state index in [-0.39, 0.29) is 47.1 Å². The Morgan fingerprint density at radius 2 is 1.60 bits per heavy atom. The summed E-state index contributed by atoms with van der Waals surface area (Å²) in [7, 11) is -4.52. The molecule has 2 aromatic rings. The number of carbonyl (C=O) groups excluding carboxylic acids is 1. The predicted molar refractivity (Wildman–Crippen MR) is 111 cm³/mol. The first-order chi connectivity index (χ1) is 13.9. The molecule has 1 amide bonds. The van der Waals surface area contributed by atoms with Crippen LogP contribution in [0.1, 0.15) is 17.5 Å². The fourth-order valence-electron chi connectivity index (χ4n) is 4.24. The second-order valence-corrected chi connectivity index (χ2v) is 8.74. The van der Waals surface area contributed by atoms with Crippen molar-refractivity contribution in [3.63, 3.8) is 0 Å². The molecular weight excluding hydrogens is 413 g/mol. The average molecular weight is 437 g/mol. The molecule has 2 aliphatic rings. The maximum Gasteiger partial charge on any atom is 1.00 e. The molecule has 30 heavy (non-hydrogen) atoms. The number of rotatable bonds is 4. The van der Waals surface area contributed by atoms with Crippen molar-refractivity contribution < 1.29 is 47.3 Å². The average Bonchev–Trinajstić information content (AvgIpc) is 2.72. The van der Waals surface area contributed by atoms with Crippen molar-refractivity contribution in [1.29, 1.82) is 0 Å². The summed E-state index contributed by atoms with van der Waals surface area (Å²) < 4.78 is 34.2. The van der Waals surface area contributed by atoms with E-state index in [2.05, 4.69) is 23.1 Å². The van der Waals surface area contributed by atoms with E-state index in [0.717, 1.165) is 38.0 Å². The van der Waals surface area contributed by atoms with Gasteiger partial charge in [-0.3, -0.25) is 9.52 Å². The van der Waals surface area contributed by atoms with Crippen LogP contribution in [0.3, 0.4) is 0 Å². The largest absolute Gasteiger partial charge is 1.00 e. The smallest absolute Gasteiger partial charge is 0.731 e. The summed E-state index contributed by atoms with van der Waals surface area (Å²) in [5.41, 5.74) is 3.85. The minimum absolute atomic E-state index is 0. The molecule has 0 radical (unpaired) electrons.